The fraction of sp³-hybridized carbons (Fsp3) is 0.353. The molecule has 0 saturated carbocycles. The molecule has 116 valence electrons. The van der Waals surface area contributed by atoms with Crippen molar-refractivity contribution >= 4 is 22.9 Å². The zero-order valence-electron chi connectivity index (χ0n) is 12.5. The van der Waals surface area contributed by atoms with Crippen LogP contribution < -0.4 is 0 Å². The van der Waals surface area contributed by atoms with Crippen molar-refractivity contribution in [1.82, 2.24) is 14.8 Å². The van der Waals surface area contributed by atoms with Crippen LogP contribution in [-0.4, -0.2) is 47.5 Å². The number of rotatable bonds is 5. The zero-order valence-corrected chi connectivity index (χ0v) is 14.1. The number of hydrogen-bond acceptors (Lipinski definition) is 4. The van der Waals surface area contributed by atoms with E-state index in [1.54, 1.807) is 16.9 Å². The van der Waals surface area contributed by atoms with E-state index < -0.39 is 0 Å². The molecule has 0 unspecified atom stereocenters. The summed E-state index contributed by atoms with van der Waals surface area (Å²) in [5.41, 5.74) is 3.99. The first kappa shape index (κ1) is 15.7. The van der Waals surface area contributed by atoms with Crippen LogP contribution in [0.1, 0.15) is 5.69 Å². The topological polar surface area (TPSA) is 19.4 Å². The van der Waals surface area contributed by atoms with Crippen LogP contribution in [0.2, 0.25) is 0 Å². The highest BCUT2D eigenvalue weighted by atomic mass is 35.5. The summed E-state index contributed by atoms with van der Waals surface area (Å²) in [5.74, 6) is 0. The van der Waals surface area contributed by atoms with Crippen LogP contribution in [-0.2, 0) is 6.54 Å². The fourth-order valence-corrected chi connectivity index (χ4v) is 3.54. The molecule has 0 radical (unpaired) electrons. The van der Waals surface area contributed by atoms with E-state index in [1.165, 1.54) is 11.3 Å². The average Bonchev–Trinajstić information content (AvgIpc) is 3.04. The van der Waals surface area contributed by atoms with Gasteiger partial charge in [-0.1, -0.05) is 48.0 Å². The lowest BCUT2D eigenvalue weighted by molar-refractivity contribution is 0.136. The third-order valence-corrected chi connectivity index (χ3v) is 4.99. The van der Waals surface area contributed by atoms with Gasteiger partial charge in [-0.15, -0.1) is 11.3 Å². The zero-order chi connectivity index (χ0) is 15.2. The molecular formula is C17H20ClN3S. The summed E-state index contributed by atoms with van der Waals surface area (Å²) in [4.78, 5) is 9.68. The first-order valence-corrected chi connectivity index (χ1v) is 8.86. The quantitative estimate of drug-likeness (QED) is 0.832. The molecule has 0 aliphatic carbocycles. The van der Waals surface area contributed by atoms with Crippen LogP contribution in [0.3, 0.4) is 0 Å². The van der Waals surface area contributed by atoms with Gasteiger partial charge in [0, 0.05) is 55.7 Å². The van der Waals surface area contributed by atoms with E-state index in [0.29, 0.717) is 0 Å². The molecule has 1 aromatic heterocycles. The van der Waals surface area contributed by atoms with Crippen molar-refractivity contribution < 1.29 is 0 Å². The van der Waals surface area contributed by atoms with Crippen LogP contribution in [0.25, 0.3) is 10.6 Å². The third kappa shape index (κ3) is 4.17. The number of aromatic nitrogens is 1. The van der Waals surface area contributed by atoms with Crippen LogP contribution >= 0.6 is 22.9 Å². The second-order valence-corrected chi connectivity index (χ2v) is 6.56. The van der Waals surface area contributed by atoms with Crippen molar-refractivity contribution in [3.8, 4) is 10.6 Å². The number of piperazine rings is 1. The smallest absolute Gasteiger partial charge is 0.123 e. The van der Waals surface area contributed by atoms with Crippen molar-refractivity contribution in [2.45, 2.75) is 6.54 Å². The van der Waals surface area contributed by atoms with Crippen LogP contribution in [0, 0.1) is 0 Å². The normalized spacial score (nSPS) is 17.3. The minimum Gasteiger partial charge on any atom is -0.297 e. The van der Waals surface area contributed by atoms with E-state index in [9.17, 15) is 0 Å². The summed E-state index contributed by atoms with van der Waals surface area (Å²) >= 11 is 7.32. The summed E-state index contributed by atoms with van der Waals surface area (Å²) in [6.45, 7) is 6.27. The summed E-state index contributed by atoms with van der Waals surface area (Å²) < 4.78 is 0. The van der Waals surface area contributed by atoms with E-state index in [0.717, 1.165) is 44.3 Å². The Bertz CT molecular complexity index is 603. The van der Waals surface area contributed by atoms with Crippen LogP contribution in [0.4, 0.5) is 0 Å². The highest BCUT2D eigenvalue weighted by Gasteiger charge is 2.17. The maximum Gasteiger partial charge on any atom is 0.123 e. The molecule has 0 bridgehead atoms. The summed E-state index contributed by atoms with van der Waals surface area (Å²) in [6.07, 6.45) is 2.00. The van der Waals surface area contributed by atoms with Crippen LogP contribution in [0.15, 0.2) is 47.3 Å². The SMILES string of the molecule is Cl/C=C/CN1CCN(Cc2csc(-c3ccccc3)n2)CC1. The second-order valence-electron chi connectivity index (χ2n) is 5.45. The molecule has 0 atom stereocenters. The molecule has 22 heavy (non-hydrogen) atoms. The summed E-state index contributed by atoms with van der Waals surface area (Å²) in [5, 5.41) is 3.30. The van der Waals surface area contributed by atoms with Gasteiger partial charge in [-0.2, -0.15) is 0 Å². The van der Waals surface area contributed by atoms with Gasteiger partial charge in [0.15, 0.2) is 0 Å². The van der Waals surface area contributed by atoms with Crippen molar-refractivity contribution in [3.05, 3.63) is 53.0 Å². The maximum absolute atomic E-state index is 5.58. The highest BCUT2D eigenvalue weighted by Crippen LogP contribution is 2.24. The van der Waals surface area contributed by atoms with E-state index >= 15 is 0 Å². The second kappa shape index (κ2) is 7.88. The van der Waals surface area contributed by atoms with Gasteiger partial charge in [-0.25, -0.2) is 4.98 Å². The molecule has 1 aliphatic rings. The molecule has 1 saturated heterocycles. The van der Waals surface area contributed by atoms with E-state index in [4.69, 9.17) is 16.6 Å². The van der Waals surface area contributed by atoms with Gasteiger partial charge in [-0.05, 0) is 0 Å². The molecule has 1 fully saturated rings. The molecule has 0 spiro atoms. The predicted octanol–water partition coefficient (Wildman–Crippen LogP) is 3.68. The minimum atomic E-state index is 0.947. The van der Waals surface area contributed by atoms with Gasteiger partial charge in [0.05, 0.1) is 5.69 Å². The van der Waals surface area contributed by atoms with Gasteiger partial charge < -0.3 is 0 Å². The highest BCUT2D eigenvalue weighted by molar-refractivity contribution is 7.13. The molecular weight excluding hydrogens is 314 g/mol. The molecule has 0 N–H and O–H groups in total. The van der Waals surface area contributed by atoms with Crippen molar-refractivity contribution in [2.24, 2.45) is 0 Å². The minimum absolute atomic E-state index is 0.947. The van der Waals surface area contributed by atoms with Gasteiger partial charge >= 0.3 is 0 Å². The first-order valence-electron chi connectivity index (χ1n) is 7.55. The third-order valence-electron chi connectivity index (χ3n) is 3.88. The lowest BCUT2D eigenvalue weighted by Crippen LogP contribution is -2.45. The lowest BCUT2D eigenvalue weighted by Gasteiger charge is -2.33. The lowest BCUT2D eigenvalue weighted by atomic mass is 10.2. The Hall–Kier alpha value is -1.20. The van der Waals surface area contributed by atoms with Gasteiger partial charge in [0.25, 0.3) is 0 Å². The Balaban J connectivity index is 1.53. The largest absolute Gasteiger partial charge is 0.297 e. The molecule has 2 aromatic rings. The summed E-state index contributed by atoms with van der Waals surface area (Å²) in [7, 11) is 0. The van der Waals surface area contributed by atoms with Crippen molar-refractivity contribution in [1.29, 1.82) is 0 Å². The maximum atomic E-state index is 5.58. The molecule has 3 rings (SSSR count). The Morgan fingerprint density at radius 2 is 1.82 bits per heavy atom. The average molecular weight is 334 g/mol. The van der Waals surface area contributed by atoms with E-state index in [2.05, 4.69) is 39.4 Å². The predicted molar refractivity (Wildman–Crippen MR) is 94.3 cm³/mol. The Kier molecular flexibility index (Phi) is 5.62. The van der Waals surface area contributed by atoms with Crippen LogP contribution in [0.5, 0.6) is 0 Å². The summed E-state index contributed by atoms with van der Waals surface area (Å²) in [6, 6.07) is 10.4. The molecule has 3 nitrogen and oxygen atoms in total. The molecule has 0 amide bonds. The van der Waals surface area contributed by atoms with E-state index in [-0.39, 0.29) is 0 Å². The number of hydrogen-bond donors (Lipinski definition) is 0. The first-order chi connectivity index (χ1) is 10.8. The number of benzene rings is 1. The Morgan fingerprint density at radius 1 is 1.09 bits per heavy atom. The molecule has 1 aliphatic heterocycles. The Morgan fingerprint density at radius 3 is 2.55 bits per heavy atom. The standard InChI is InChI=1S/C17H20ClN3S/c18-7-4-8-20-9-11-21(12-10-20)13-16-14-22-17(19-16)15-5-2-1-3-6-15/h1-7,14H,8-13H2/b7-4+. The number of halogens is 1. The van der Waals surface area contributed by atoms with Gasteiger partial charge in [-0.3, -0.25) is 9.80 Å². The Labute approximate surface area is 140 Å². The molecule has 2 heterocycles. The van der Waals surface area contributed by atoms with E-state index in [1.807, 2.05) is 12.1 Å². The molecule has 5 heteroatoms. The number of thiazole rings is 1. The fourth-order valence-electron chi connectivity index (χ4n) is 2.64. The van der Waals surface area contributed by atoms with Crippen molar-refractivity contribution in [3.63, 3.8) is 0 Å². The van der Waals surface area contributed by atoms with Gasteiger partial charge in [0.2, 0.25) is 0 Å². The monoisotopic (exact) mass is 333 g/mol. The molecule has 1 aromatic carbocycles. The van der Waals surface area contributed by atoms with Gasteiger partial charge in [0.1, 0.15) is 5.01 Å². The number of nitrogens with zero attached hydrogens (tertiary/aromatic N) is 3. The van der Waals surface area contributed by atoms with Crippen molar-refractivity contribution in [2.75, 3.05) is 32.7 Å².